The van der Waals surface area contributed by atoms with E-state index in [0.29, 0.717) is 11.4 Å². The topological polar surface area (TPSA) is 55.7 Å². The SMILES string of the molecule is O=C(Cc1cccnn1)c1ccccn1. The second-order valence-electron chi connectivity index (χ2n) is 3.03. The summed E-state index contributed by atoms with van der Waals surface area (Å²) in [5.74, 6) is -0.0453. The first kappa shape index (κ1) is 9.45. The summed E-state index contributed by atoms with van der Waals surface area (Å²) in [6, 6.07) is 8.79. The molecule has 2 heterocycles. The number of hydrogen-bond donors (Lipinski definition) is 0. The molecule has 0 radical (unpaired) electrons. The van der Waals surface area contributed by atoms with Crippen molar-refractivity contribution in [3.05, 3.63) is 54.1 Å². The van der Waals surface area contributed by atoms with Gasteiger partial charge in [-0.15, -0.1) is 0 Å². The Morgan fingerprint density at radius 1 is 1.13 bits per heavy atom. The van der Waals surface area contributed by atoms with Gasteiger partial charge in [0.05, 0.1) is 12.1 Å². The third kappa shape index (κ3) is 2.43. The van der Waals surface area contributed by atoms with E-state index in [0.717, 1.165) is 0 Å². The van der Waals surface area contributed by atoms with E-state index in [4.69, 9.17) is 0 Å². The molecule has 0 aliphatic carbocycles. The number of hydrogen-bond acceptors (Lipinski definition) is 4. The summed E-state index contributed by atoms with van der Waals surface area (Å²) in [4.78, 5) is 15.7. The Kier molecular flexibility index (Phi) is 2.78. The Bertz CT molecular complexity index is 442. The molecule has 0 saturated carbocycles. The first-order chi connectivity index (χ1) is 7.36. The van der Waals surface area contributed by atoms with Crippen molar-refractivity contribution in [2.75, 3.05) is 0 Å². The molecule has 0 aliphatic rings. The third-order valence-electron chi connectivity index (χ3n) is 1.92. The Morgan fingerprint density at radius 3 is 2.73 bits per heavy atom. The number of nitrogens with zero attached hydrogens (tertiary/aromatic N) is 3. The molecule has 0 fully saturated rings. The third-order valence-corrected chi connectivity index (χ3v) is 1.92. The van der Waals surface area contributed by atoms with Crippen LogP contribution in [0.5, 0.6) is 0 Å². The van der Waals surface area contributed by atoms with E-state index in [1.54, 1.807) is 42.7 Å². The van der Waals surface area contributed by atoms with Crippen molar-refractivity contribution in [2.24, 2.45) is 0 Å². The molecular formula is C11H9N3O. The Labute approximate surface area is 87.0 Å². The minimum absolute atomic E-state index is 0.0453. The minimum Gasteiger partial charge on any atom is -0.292 e. The fourth-order valence-electron chi connectivity index (χ4n) is 1.21. The van der Waals surface area contributed by atoms with Gasteiger partial charge in [-0.1, -0.05) is 6.07 Å². The van der Waals surface area contributed by atoms with Crippen LogP contribution in [0.1, 0.15) is 16.2 Å². The molecular weight excluding hydrogens is 190 g/mol. The molecule has 2 aromatic rings. The summed E-state index contributed by atoms with van der Waals surface area (Å²) in [5, 5.41) is 7.55. The molecule has 15 heavy (non-hydrogen) atoms. The molecule has 0 unspecified atom stereocenters. The van der Waals surface area contributed by atoms with Crippen LogP contribution in [0.25, 0.3) is 0 Å². The summed E-state index contributed by atoms with van der Waals surface area (Å²) < 4.78 is 0. The molecule has 0 aromatic carbocycles. The van der Waals surface area contributed by atoms with E-state index in [2.05, 4.69) is 15.2 Å². The first-order valence-electron chi connectivity index (χ1n) is 4.57. The first-order valence-corrected chi connectivity index (χ1v) is 4.57. The van der Waals surface area contributed by atoms with Crippen molar-refractivity contribution < 1.29 is 4.79 Å². The predicted octanol–water partition coefficient (Wildman–Crippen LogP) is 1.30. The standard InChI is InChI=1S/C11H9N3O/c15-11(10-5-1-2-6-12-10)8-9-4-3-7-13-14-9/h1-7H,8H2. The zero-order valence-electron chi connectivity index (χ0n) is 8.00. The van der Waals surface area contributed by atoms with Gasteiger partial charge in [-0.2, -0.15) is 10.2 Å². The van der Waals surface area contributed by atoms with Crippen molar-refractivity contribution in [2.45, 2.75) is 6.42 Å². The maximum atomic E-state index is 11.7. The fourth-order valence-corrected chi connectivity index (χ4v) is 1.21. The van der Waals surface area contributed by atoms with Gasteiger partial charge in [0.25, 0.3) is 0 Å². The van der Waals surface area contributed by atoms with Gasteiger partial charge in [0, 0.05) is 12.4 Å². The predicted molar refractivity (Wildman–Crippen MR) is 54.3 cm³/mol. The van der Waals surface area contributed by atoms with Gasteiger partial charge in [-0.3, -0.25) is 9.78 Å². The number of pyridine rings is 1. The van der Waals surface area contributed by atoms with Crippen LogP contribution in [-0.4, -0.2) is 21.0 Å². The van der Waals surface area contributed by atoms with E-state index < -0.39 is 0 Å². The maximum Gasteiger partial charge on any atom is 0.187 e. The highest BCUT2D eigenvalue weighted by Gasteiger charge is 2.08. The number of aromatic nitrogens is 3. The Balaban J connectivity index is 2.12. The van der Waals surface area contributed by atoms with E-state index in [9.17, 15) is 4.79 Å². The second kappa shape index (κ2) is 4.41. The molecule has 0 N–H and O–H groups in total. The molecule has 74 valence electrons. The zero-order valence-corrected chi connectivity index (χ0v) is 8.00. The van der Waals surface area contributed by atoms with Gasteiger partial charge in [-0.05, 0) is 24.3 Å². The second-order valence-corrected chi connectivity index (χ2v) is 3.03. The van der Waals surface area contributed by atoms with E-state index in [1.165, 1.54) is 0 Å². The van der Waals surface area contributed by atoms with Gasteiger partial charge in [0.15, 0.2) is 5.78 Å². The van der Waals surface area contributed by atoms with Crippen LogP contribution in [0, 0.1) is 0 Å². The molecule has 4 nitrogen and oxygen atoms in total. The fraction of sp³-hybridized carbons (Fsp3) is 0.0909. The molecule has 2 rings (SSSR count). The number of ketones is 1. The monoisotopic (exact) mass is 199 g/mol. The smallest absolute Gasteiger partial charge is 0.187 e. The molecule has 0 amide bonds. The number of carbonyl (C=O) groups is 1. The zero-order chi connectivity index (χ0) is 10.5. The number of carbonyl (C=O) groups excluding carboxylic acids is 1. The van der Waals surface area contributed by atoms with E-state index >= 15 is 0 Å². The normalized spacial score (nSPS) is 9.87. The van der Waals surface area contributed by atoms with Crippen molar-refractivity contribution in [3.8, 4) is 0 Å². The highest BCUT2D eigenvalue weighted by molar-refractivity contribution is 5.95. The molecule has 2 aromatic heterocycles. The molecule has 0 spiro atoms. The van der Waals surface area contributed by atoms with Gasteiger partial charge in [0.2, 0.25) is 0 Å². The summed E-state index contributed by atoms with van der Waals surface area (Å²) in [7, 11) is 0. The van der Waals surface area contributed by atoms with Gasteiger partial charge >= 0.3 is 0 Å². The largest absolute Gasteiger partial charge is 0.292 e. The Hall–Kier alpha value is -2.10. The molecule has 0 saturated heterocycles. The van der Waals surface area contributed by atoms with Crippen LogP contribution in [0.4, 0.5) is 0 Å². The summed E-state index contributed by atoms with van der Waals surface area (Å²) in [6.07, 6.45) is 3.42. The average Bonchev–Trinajstić information content (AvgIpc) is 2.31. The van der Waals surface area contributed by atoms with Gasteiger partial charge < -0.3 is 0 Å². The quantitative estimate of drug-likeness (QED) is 0.699. The van der Waals surface area contributed by atoms with E-state index in [-0.39, 0.29) is 12.2 Å². The number of rotatable bonds is 3. The Morgan fingerprint density at radius 2 is 2.07 bits per heavy atom. The van der Waals surface area contributed by atoms with Crippen LogP contribution in [0.15, 0.2) is 42.7 Å². The highest BCUT2D eigenvalue weighted by atomic mass is 16.1. The summed E-state index contributed by atoms with van der Waals surface area (Å²) >= 11 is 0. The summed E-state index contributed by atoms with van der Waals surface area (Å²) in [6.45, 7) is 0. The van der Waals surface area contributed by atoms with Crippen LogP contribution in [0.3, 0.4) is 0 Å². The molecule has 0 aliphatic heterocycles. The van der Waals surface area contributed by atoms with Crippen molar-refractivity contribution in [1.82, 2.24) is 15.2 Å². The van der Waals surface area contributed by atoms with Crippen molar-refractivity contribution in [3.63, 3.8) is 0 Å². The highest BCUT2D eigenvalue weighted by Crippen LogP contribution is 2.01. The lowest BCUT2D eigenvalue weighted by Crippen LogP contribution is -2.07. The lowest BCUT2D eigenvalue weighted by atomic mass is 10.1. The van der Waals surface area contributed by atoms with Crippen molar-refractivity contribution in [1.29, 1.82) is 0 Å². The summed E-state index contributed by atoms with van der Waals surface area (Å²) in [5.41, 5.74) is 1.12. The lowest BCUT2D eigenvalue weighted by Gasteiger charge is -1.98. The van der Waals surface area contributed by atoms with Crippen molar-refractivity contribution >= 4 is 5.78 Å². The van der Waals surface area contributed by atoms with Crippen LogP contribution in [-0.2, 0) is 6.42 Å². The average molecular weight is 199 g/mol. The molecule has 0 bridgehead atoms. The van der Waals surface area contributed by atoms with Crippen LogP contribution >= 0.6 is 0 Å². The lowest BCUT2D eigenvalue weighted by molar-refractivity contribution is 0.0987. The molecule has 4 heteroatoms. The van der Waals surface area contributed by atoms with Gasteiger partial charge in [-0.25, -0.2) is 0 Å². The van der Waals surface area contributed by atoms with E-state index in [1.807, 2.05) is 0 Å². The maximum absolute atomic E-state index is 11.7. The number of Topliss-reactive ketones (excluding diaryl/α,β-unsaturated/α-hetero) is 1. The minimum atomic E-state index is -0.0453. The van der Waals surface area contributed by atoms with Crippen LogP contribution in [0.2, 0.25) is 0 Å². The van der Waals surface area contributed by atoms with Crippen LogP contribution < -0.4 is 0 Å². The van der Waals surface area contributed by atoms with Gasteiger partial charge in [0.1, 0.15) is 5.69 Å². The molecule has 0 atom stereocenters.